The van der Waals surface area contributed by atoms with Crippen molar-refractivity contribution in [2.75, 3.05) is 13.2 Å². The Balaban J connectivity index is 2.33. The molecule has 0 spiro atoms. The summed E-state index contributed by atoms with van der Waals surface area (Å²) in [5, 5.41) is 0.297. The highest BCUT2D eigenvalue weighted by atomic mass is 35.5. The maximum Gasteiger partial charge on any atom is 0.260 e. The molecule has 0 bridgehead atoms. The van der Waals surface area contributed by atoms with Gasteiger partial charge in [-0.25, -0.2) is 0 Å². The van der Waals surface area contributed by atoms with Gasteiger partial charge in [0.15, 0.2) is 0 Å². The van der Waals surface area contributed by atoms with Gasteiger partial charge in [0.1, 0.15) is 11.3 Å². The number of aromatic nitrogens is 1. The van der Waals surface area contributed by atoms with Crippen molar-refractivity contribution in [1.82, 2.24) is 9.88 Å². The Hall–Kier alpha value is -2.53. The van der Waals surface area contributed by atoms with Crippen LogP contribution in [0, 0.1) is 0 Å². The monoisotopic (exact) mass is 346 g/mol. The second-order valence-corrected chi connectivity index (χ2v) is 5.51. The third kappa shape index (κ3) is 4.26. The van der Waals surface area contributed by atoms with Gasteiger partial charge in [0.05, 0.1) is 11.6 Å². The van der Waals surface area contributed by atoms with Crippen LogP contribution >= 0.6 is 11.6 Å². The fourth-order valence-corrected chi connectivity index (χ4v) is 2.46. The molecule has 0 aliphatic rings. The van der Waals surface area contributed by atoms with Crippen LogP contribution in [-0.2, 0) is 6.54 Å². The second-order valence-electron chi connectivity index (χ2n) is 5.08. The lowest BCUT2D eigenvalue weighted by atomic mass is 10.1. The van der Waals surface area contributed by atoms with Gasteiger partial charge in [-0.3, -0.25) is 9.59 Å². The van der Waals surface area contributed by atoms with Crippen molar-refractivity contribution in [2.24, 2.45) is 0 Å². The van der Waals surface area contributed by atoms with E-state index in [1.54, 1.807) is 6.08 Å². The van der Waals surface area contributed by atoms with Crippen LogP contribution in [0.4, 0.5) is 0 Å². The molecule has 1 amide bonds. The average molecular weight is 347 g/mol. The van der Waals surface area contributed by atoms with Gasteiger partial charge in [0, 0.05) is 24.8 Å². The highest BCUT2D eigenvalue weighted by molar-refractivity contribution is 6.30. The second kappa shape index (κ2) is 8.36. The summed E-state index contributed by atoms with van der Waals surface area (Å²) in [6.45, 7) is 6.70. The molecule has 1 aromatic heterocycles. The molecule has 0 saturated carbocycles. The molecule has 0 saturated heterocycles. The predicted octanol–water partition coefficient (Wildman–Crippen LogP) is 3.26. The highest BCUT2D eigenvalue weighted by Crippen LogP contribution is 2.21. The van der Waals surface area contributed by atoms with Crippen LogP contribution in [0.15, 0.2) is 54.0 Å². The van der Waals surface area contributed by atoms with Gasteiger partial charge in [-0.2, -0.15) is 0 Å². The average Bonchev–Trinajstić information content (AvgIpc) is 2.58. The third-order valence-corrected chi connectivity index (χ3v) is 3.59. The molecular weight excluding hydrogens is 328 g/mol. The molecule has 0 aliphatic heterocycles. The van der Waals surface area contributed by atoms with E-state index < -0.39 is 11.5 Å². The third-order valence-electron chi connectivity index (χ3n) is 3.37. The van der Waals surface area contributed by atoms with Gasteiger partial charge >= 0.3 is 0 Å². The lowest BCUT2D eigenvalue weighted by molar-refractivity contribution is 0.0759. The molecule has 2 aromatic rings. The van der Waals surface area contributed by atoms with Gasteiger partial charge in [0.25, 0.3) is 11.5 Å². The van der Waals surface area contributed by atoms with E-state index in [1.807, 2.05) is 31.2 Å². The minimum atomic E-state index is -0.475. The topological polar surface area (TPSA) is 62.4 Å². The molecule has 0 fully saturated rings. The summed E-state index contributed by atoms with van der Waals surface area (Å²) in [5.41, 5.74) is 0.378. The summed E-state index contributed by atoms with van der Waals surface area (Å²) in [7, 11) is 0. The summed E-state index contributed by atoms with van der Waals surface area (Å²) in [6, 6.07) is 8.85. The first kappa shape index (κ1) is 17.8. The number of rotatable bonds is 7. The summed E-state index contributed by atoms with van der Waals surface area (Å²) in [6.07, 6.45) is 2.96. The molecule has 1 aromatic carbocycles. The number of ether oxygens (including phenoxy) is 1. The van der Waals surface area contributed by atoms with Crippen molar-refractivity contribution < 1.29 is 9.53 Å². The lowest BCUT2D eigenvalue weighted by Gasteiger charge is -2.22. The molecule has 5 nitrogen and oxygen atoms in total. The minimum Gasteiger partial charge on any atom is -0.494 e. The molecule has 126 valence electrons. The lowest BCUT2D eigenvalue weighted by Crippen LogP contribution is -2.34. The largest absolute Gasteiger partial charge is 0.494 e. The number of para-hydroxylation sites is 1. The number of aromatic amines is 1. The van der Waals surface area contributed by atoms with E-state index in [0.717, 1.165) is 5.56 Å². The fourth-order valence-electron chi connectivity index (χ4n) is 2.30. The Morgan fingerprint density at radius 1 is 1.42 bits per heavy atom. The zero-order chi connectivity index (χ0) is 17.5. The number of benzene rings is 1. The first-order valence-corrected chi connectivity index (χ1v) is 7.93. The van der Waals surface area contributed by atoms with Crippen molar-refractivity contribution in [1.29, 1.82) is 0 Å². The molecule has 1 N–H and O–H groups in total. The maximum atomic E-state index is 12.7. The van der Waals surface area contributed by atoms with Crippen molar-refractivity contribution in [2.45, 2.75) is 13.5 Å². The zero-order valence-electron chi connectivity index (χ0n) is 13.4. The van der Waals surface area contributed by atoms with Crippen LogP contribution in [0.25, 0.3) is 0 Å². The van der Waals surface area contributed by atoms with Gasteiger partial charge in [0.2, 0.25) is 0 Å². The smallest absolute Gasteiger partial charge is 0.260 e. The molecule has 0 unspecified atom stereocenters. The Morgan fingerprint density at radius 3 is 2.88 bits per heavy atom. The first-order valence-electron chi connectivity index (χ1n) is 7.56. The SMILES string of the molecule is C=CCN(Cc1ccccc1OCC)C(=O)c1cc(Cl)c[nH]c1=O. The van der Waals surface area contributed by atoms with Gasteiger partial charge in [-0.1, -0.05) is 35.9 Å². The molecule has 0 radical (unpaired) electrons. The first-order chi connectivity index (χ1) is 11.6. The van der Waals surface area contributed by atoms with E-state index in [4.69, 9.17) is 16.3 Å². The quantitative estimate of drug-likeness (QED) is 0.783. The van der Waals surface area contributed by atoms with Crippen molar-refractivity contribution in [3.63, 3.8) is 0 Å². The van der Waals surface area contributed by atoms with Crippen molar-refractivity contribution >= 4 is 17.5 Å². The summed E-state index contributed by atoms with van der Waals surface area (Å²) < 4.78 is 5.59. The van der Waals surface area contributed by atoms with Crippen LogP contribution in [0.3, 0.4) is 0 Å². The summed E-state index contributed by atoms with van der Waals surface area (Å²) >= 11 is 5.89. The number of carbonyl (C=O) groups is 1. The Labute approximate surface area is 145 Å². The minimum absolute atomic E-state index is 0.00163. The number of carbonyl (C=O) groups excluding carboxylic acids is 1. The van der Waals surface area contributed by atoms with E-state index in [-0.39, 0.29) is 5.56 Å². The van der Waals surface area contributed by atoms with Gasteiger partial charge in [-0.05, 0) is 19.1 Å². The zero-order valence-corrected chi connectivity index (χ0v) is 14.2. The van der Waals surface area contributed by atoms with Crippen LogP contribution in [0.1, 0.15) is 22.8 Å². The van der Waals surface area contributed by atoms with Crippen LogP contribution < -0.4 is 10.3 Å². The molecule has 1 heterocycles. The summed E-state index contributed by atoms with van der Waals surface area (Å²) in [5.74, 6) is 0.298. The van der Waals surface area contributed by atoms with Crippen molar-refractivity contribution in [3.8, 4) is 5.75 Å². The maximum absolute atomic E-state index is 12.7. The number of hydrogen-bond donors (Lipinski definition) is 1. The molecule has 2 rings (SSSR count). The normalized spacial score (nSPS) is 10.2. The fraction of sp³-hybridized carbons (Fsp3) is 0.222. The van der Waals surface area contributed by atoms with Crippen LogP contribution in [0.5, 0.6) is 5.75 Å². The number of pyridine rings is 1. The number of amides is 1. The highest BCUT2D eigenvalue weighted by Gasteiger charge is 2.20. The Morgan fingerprint density at radius 2 is 2.17 bits per heavy atom. The van der Waals surface area contributed by atoms with Crippen molar-refractivity contribution in [3.05, 3.63) is 75.7 Å². The van der Waals surface area contributed by atoms with Crippen LogP contribution in [0.2, 0.25) is 5.02 Å². The Bertz CT molecular complexity index is 786. The molecule has 0 atom stereocenters. The number of halogens is 1. The molecule has 6 heteroatoms. The van der Waals surface area contributed by atoms with Gasteiger partial charge < -0.3 is 14.6 Å². The molecular formula is C18H19ClN2O3. The number of H-pyrrole nitrogens is 1. The van der Waals surface area contributed by atoms with E-state index in [2.05, 4.69) is 11.6 Å². The van der Waals surface area contributed by atoms with Gasteiger partial charge in [-0.15, -0.1) is 6.58 Å². The summed E-state index contributed by atoms with van der Waals surface area (Å²) in [4.78, 5) is 28.6. The number of nitrogens with one attached hydrogen (secondary N) is 1. The van der Waals surface area contributed by atoms with E-state index >= 15 is 0 Å². The van der Waals surface area contributed by atoms with Crippen LogP contribution in [-0.4, -0.2) is 28.9 Å². The Kier molecular flexibility index (Phi) is 6.21. The predicted molar refractivity (Wildman–Crippen MR) is 94.6 cm³/mol. The van der Waals surface area contributed by atoms with E-state index in [0.29, 0.717) is 30.5 Å². The van der Waals surface area contributed by atoms with E-state index in [1.165, 1.54) is 17.2 Å². The standard InChI is InChI=1S/C18H19ClN2O3/c1-3-9-21(12-13-7-5-6-8-16(13)24-4-2)18(23)15-10-14(19)11-20-17(15)22/h3,5-8,10-11H,1,4,9,12H2,2H3,(H,20,22). The molecule has 24 heavy (non-hydrogen) atoms. The van der Waals surface area contributed by atoms with E-state index in [9.17, 15) is 9.59 Å². The number of hydrogen-bond acceptors (Lipinski definition) is 3. The number of nitrogens with zero attached hydrogens (tertiary/aromatic N) is 1. The molecule has 0 aliphatic carbocycles.